The minimum absolute atomic E-state index is 0.0213. The normalized spacial score (nSPS) is 17.1. The number of anilines is 1. The SMILES string of the molecule is CC1(C)C(=O)N(c2ccc(C#N)c(C(F)(F)F)c2)C(=S)N1CCCOc1ccc(C2=CN=CCC2)cc1. The highest BCUT2D eigenvalue weighted by Gasteiger charge is 2.49. The predicted octanol–water partition coefficient (Wildman–Crippen LogP) is 5.96. The molecule has 0 spiro atoms. The van der Waals surface area contributed by atoms with Crippen molar-refractivity contribution < 1.29 is 22.7 Å². The summed E-state index contributed by atoms with van der Waals surface area (Å²) in [6.07, 6.45) is 1.43. The number of rotatable bonds is 7. The van der Waals surface area contributed by atoms with Crippen molar-refractivity contribution in [3.05, 3.63) is 65.4 Å². The van der Waals surface area contributed by atoms with E-state index in [1.165, 1.54) is 11.6 Å². The molecule has 4 rings (SSSR count). The third kappa shape index (κ3) is 5.37. The van der Waals surface area contributed by atoms with E-state index in [4.69, 9.17) is 22.2 Å². The van der Waals surface area contributed by atoms with Crippen LogP contribution in [-0.4, -0.2) is 40.8 Å². The molecule has 0 bridgehead atoms. The molecule has 1 amide bonds. The molecule has 0 N–H and O–H groups in total. The van der Waals surface area contributed by atoms with Gasteiger partial charge in [0.05, 0.1) is 29.5 Å². The Hall–Kier alpha value is -3.71. The molecule has 2 aliphatic heterocycles. The summed E-state index contributed by atoms with van der Waals surface area (Å²) in [5, 5.41) is 9.17. The molecule has 1 saturated heterocycles. The van der Waals surface area contributed by atoms with Crippen LogP contribution in [0.1, 0.15) is 49.8 Å². The van der Waals surface area contributed by atoms with Crippen LogP contribution in [-0.2, 0) is 11.0 Å². The maximum atomic E-state index is 13.5. The van der Waals surface area contributed by atoms with E-state index in [2.05, 4.69) is 4.99 Å². The van der Waals surface area contributed by atoms with Crippen LogP contribution in [0.3, 0.4) is 0 Å². The Bertz CT molecular complexity index is 1310. The van der Waals surface area contributed by atoms with E-state index in [0.29, 0.717) is 25.3 Å². The Morgan fingerprint density at radius 2 is 1.92 bits per heavy atom. The first-order valence-electron chi connectivity index (χ1n) is 11.8. The van der Waals surface area contributed by atoms with Gasteiger partial charge < -0.3 is 9.64 Å². The number of nitrogens with zero attached hydrogens (tertiary/aromatic N) is 4. The van der Waals surface area contributed by atoms with Crippen molar-refractivity contribution in [2.45, 2.75) is 44.8 Å². The molecule has 10 heteroatoms. The number of hydrogen-bond acceptors (Lipinski definition) is 5. The molecule has 0 unspecified atom stereocenters. The number of allylic oxidation sites excluding steroid dienone is 1. The molecule has 0 saturated carbocycles. The highest BCUT2D eigenvalue weighted by Crippen LogP contribution is 2.38. The summed E-state index contributed by atoms with van der Waals surface area (Å²) in [4.78, 5) is 20.2. The summed E-state index contributed by atoms with van der Waals surface area (Å²) < 4.78 is 46.3. The summed E-state index contributed by atoms with van der Waals surface area (Å²) in [5.41, 5.74) is -0.417. The first-order chi connectivity index (χ1) is 17.5. The molecule has 0 aliphatic carbocycles. The van der Waals surface area contributed by atoms with Crippen LogP contribution in [0.4, 0.5) is 18.9 Å². The zero-order chi connectivity index (χ0) is 26.8. The molecule has 2 aromatic carbocycles. The van der Waals surface area contributed by atoms with E-state index in [0.717, 1.165) is 35.4 Å². The van der Waals surface area contributed by atoms with E-state index in [1.54, 1.807) is 24.8 Å². The Labute approximate surface area is 218 Å². The topological polar surface area (TPSA) is 68.9 Å². The molecular formula is C27H25F3N4O2S. The summed E-state index contributed by atoms with van der Waals surface area (Å²) in [6, 6.07) is 12.5. The van der Waals surface area contributed by atoms with Gasteiger partial charge in [-0.25, -0.2) is 0 Å². The van der Waals surface area contributed by atoms with Crippen LogP contribution >= 0.6 is 12.2 Å². The average Bonchev–Trinajstić information content (AvgIpc) is 3.05. The lowest BCUT2D eigenvalue weighted by atomic mass is 10.0. The molecule has 6 nitrogen and oxygen atoms in total. The first kappa shape index (κ1) is 26.4. The second-order valence-electron chi connectivity index (χ2n) is 9.22. The summed E-state index contributed by atoms with van der Waals surface area (Å²) in [6.45, 7) is 4.10. The van der Waals surface area contributed by atoms with Crippen molar-refractivity contribution in [1.82, 2.24) is 4.90 Å². The van der Waals surface area contributed by atoms with Gasteiger partial charge in [-0.15, -0.1) is 0 Å². The monoisotopic (exact) mass is 526 g/mol. The maximum absolute atomic E-state index is 13.5. The van der Waals surface area contributed by atoms with E-state index in [-0.39, 0.29) is 10.8 Å². The molecule has 37 heavy (non-hydrogen) atoms. The molecule has 0 atom stereocenters. The quantitative estimate of drug-likeness (QED) is 0.329. The van der Waals surface area contributed by atoms with Gasteiger partial charge in [-0.3, -0.25) is 14.7 Å². The Morgan fingerprint density at radius 1 is 1.19 bits per heavy atom. The van der Waals surface area contributed by atoms with Gasteiger partial charge >= 0.3 is 6.18 Å². The predicted molar refractivity (Wildman–Crippen MR) is 139 cm³/mol. The van der Waals surface area contributed by atoms with E-state index >= 15 is 0 Å². The van der Waals surface area contributed by atoms with Gasteiger partial charge in [-0.2, -0.15) is 18.4 Å². The number of carbonyl (C=O) groups excluding carboxylic acids is 1. The minimum atomic E-state index is -4.74. The fraction of sp³-hybridized carbons (Fsp3) is 0.333. The van der Waals surface area contributed by atoms with Crippen LogP contribution in [0.25, 0.3) is 5.57 Å². The van der Waals surface area contributed by atoms with Gasteiger partial charge in [0.15, 0.2) is 5.11 Å². The fourth-order valence-corrected chi connectivity index (χ4v) is 4.85. The van der Waals surface area contributed by atoms with Crippen LogP contribution in [0.5, 0.6) is 5.75 Å². The molecule has 0 aromatic heterocycles. The number of thiocarbonyl (C=S) groups is 1. The smallest absolute Gasteiger partial charge is 0.417 e. The zero-order valence-corrected chi connectivity index (χ0v) is 21.2. The Morgan fingerprint density at radius 3 is 2.54 bits per heavy atom. The van der Waals surface area contributed by atoms with Crippen molar-refractivity contribution in [3.63, 3.8) is 0 Å². The molecule has 2 aromatic rings. The van der Waals surface area contributed by atoms with Crippen LogP contribution in [0, 0.1) is 11.3 Å². The number of carbonyl (C=O) groups is 1. The van der Waals surface area contributed by atoms with Crippen LogP contribution < -0.4 is 9.64 Å². The second-order valence-corrected chi connectivity index (χ2v) is 9.59. The molecule has 192 valence electrons. The lowest BCUT2D eigenvalue weighted by Crippen LogP contribution is -2.44. The van der Waals surface area contributed by atoms with Gasteiger partial charge in [0, 0.05) is 19.0 Å². The maximum Gasteiger partial charge on any atom is 0.417 e. The van der Waals surface area contributed by atoms with E-state index < -0.39 is 28.7 Å². The number of halogens is 3. The molecule has 0 radical (unpaired) electrons. The van der Waals surface area contributed by atoms with E-state index in [9.17, 15) is 18.0 Å². The summed E-state index contributed by atoms with van der Waals surface area (Å²) in [7, 11) is 0. The third-order valence-corrected chi connectivity index (χ3v) is 6.81. The van der Waals surface area contributed by atoms with Crippen LogP contribution in [0.2, 0.25) is 0 Å². The number of aliphatic imine (C=N–C) groups is 1. The highest BCUT2D eigenvalue weighted by molar-refractivity contribution is 7.80. The Kier molecular flexibility index (Phi) is 7.37. The van der Waals surface area contributed by atoms with Gasteiger partial charge in [-0.1, -0.05) is 12.1 Å². The molecule has 2 aliphatic rings. The van der Waals surface area contributed by atoms with Crippen LogP contribution in [0.15, 0.2) is 53.7 Å². The third-order valence-electron chi connectivity index (χ3n) is 6.41. The number of nitriles is 1. The van der Waals surface area contributed by atoms with Gasteiger partial charge in [0.25, 0.3) is 5.91 Å². The van der Waals surface area contributed by atoms with Crippen molar-refractivity contribution >= 4 is 40.7 Å². The summed E-state index contributed by atoms with van der Waals surface area (Å²) in [5.74, 6) is 0.273. The van der Waals surface area contributed by atoms with Crippen molar-refractivity contribution in [1.29, 1.82) is 5.26 Å². The van der Waals surface area contributed by atoms with Crippen molar-refractivity contribution in [2.24, 2.45) is 4.99 Å². The summed E-state index contributed by atoms with van der Waals surface area (Å²) >= 11 is 5.52. The van der Waals surface area contributed by atoms with Crippen molar-refractivity contribution in [2.75, 3.05) is 18.1 Å². The molecule has 1 fully saturated rings. The largest absolute Gasteiger partial charge is 0.494 e. The first-order valence-corrected chi connectivity index (χ1v) is 12.2. The Balaban J connectivity index is 1.41. The lowest BCUT2D eigenvalue weighted by Gasteiger charge is -2.29. The fourth-order valence-electron chi connectivity index (χ4n) is 4.34. The second kappa shape index (κ2) is 10.3. The highest BCUT2D eigenvalue weighted by atomic mass is 32.1. The number of hydrogen-bond donors (Lipinski definition) is 0. The standard InChI is InChI=1S/C27H25F3N4O2S/c1-26(2)24(35)34(21-9-6-19(16-31)23(15-21)27(28,29)30)25(37)33(26)13-4-14-36-22-10-7-18(8-11-22)20-5-3-12-32-17-20/h6-12,15,17H,3-5,13-14H2,1-2H3. The lowest BCUT2D eigenvalue weighted by molar-refractivity contribution is -0.137. The number of alkyl halides is 3. The minimum Gasteiger partial charge on any atom is -0.494 e. The number of amides is 1. The van der Waals surface area contributed by atoms with Gasteiger partial charge in [0.2, 0.25) is 0 Å². The molecule has 2 heterocycles. The van der Waals surface area contributed by atoms with E-state index in [1.807, 2.05) is 36.7 Å². The van der Waals surface area contributed by atoms with Gasteiger partial charge in [0.1, 0.15) is 11.3 Å². The zero-order valence-electron chi connectivity index (χ0n) is 20.4. The average molecular weight is 527 g/mol. The van der Waals surface area contributed by atoms with Crippen molar-refractivity contribution in [3.8, 4) is 11.8 Å². The number of benzene rings is 2. The number of ether oxygens (including phenoxy) is 1. The molecular weight excluding hydrogens is 501 g/mol. The van der Waals surface area contributed by atoms with Gasteiger partial charge in [-0.05, 0) is 86.8 Å².